The van der Waals surface area contributed by atoms with Crippen molar-refractivity contribution in [2.75, 3.05) is 13.1 Å². The maximum Gasteiger partial charge on any atom is 0.415 e. The summed E-state index contributed by atoms with van der Waals surface area (Å²) >= 11 is 0. The van der Waals surface area contributed by atoms with Crippen molar-refractivity contribution in [3.8, 4) is 5.75 Å². The molecule has 0 atom stereocenters. The molecular weight excluding hydrogens is 190 g/mol. The SMILES string of the molecule is CCN(CC)C(=O)Oc1ccc(C)cc1. The number of hydrogen-bond donors (Lipinski definition) is 0. The summed E-state index contributed by atoms with van der Waals surface area (Å²) in [4.78, 5) is 13.2. The van der Waals surface area contributed by atoms with Crippen molar-refractivity contribution in [1.82, 2.24) is 4.90 Å². The van der Waals surface area contributed by atoms with Crippen LogP contribution < -0.4 is 4.74 Å². The first-order valence-electron chi connectivity index (χ1n) is 5.20. The summed E-state index contributed by atoms with van der Waals surface area (Å²) in [6.07, 6.45) is -0.288. The van der Waals surface area contributed by atoms with E-state index in [0.29, 0.717) is 18.8 Å². The number of aryl methyl sites for hydroxylation is 1. The van der Waals surface area contributed by atoms with Crippen LogP contribution in [-0.4, -0.2) is 24.1 Å². The molecule has 0 aliphatic carbocycles. The molecule has 0 bridgehead atoms. The predicted octanol–water partition coefficient (Wildman–Crippen LogP) is 2.84. The molecule has 0 aliphatic rings. The molecule has 0 aliphatic heterocycles. The van der Waals surface area contributed by atoms with Gasteiger partial charge in [-0.05, 0) is 32.9 Å². The third-order valence-electron chi connectivity index (χ3n) is 2.25. The summed E-state index contributed by atoms with van der Waals surface area (Å²) in [5, 5.41) is 0. The van der Waals surface area contributed by atoms with Gasteiger partial charge in [0.25, 0.3) is 0 Å². The molecule has 3 nitrogen and oxygen atoms in total. The van der Waals surface area contributed by atoms with Crippen LogP contribution in [0.25, 0.3) is 0 Å². The van der Waals surface area contributed by atoms with Crippen molar-refractivity contribution in [2.24, 2.45) is 0 Å². The minimum absolute atomic E-state index is 0.288. The number of benzene rings is 1. The molecule has 3 heteroatoms. The Kier molecular flexibility index (Phi) is 4.16. The van der Waals surface area contributed by atoms with Crippen molar-refractivity contribution in [2.45, 2.75) is 20.8 Å². The number of carbonyl (C=O) groups excluding carboxylic acids is 1. The van der Waals surface area contributed by atoms with E-state index >= 15 is 0 Å². The molecule has 0 fully saturated rings. The van der Waals surface area contributed by atoms with E-state index < -0.39 is 0 Å². The number of amides is 1. The van der Waals surface area contributed by atoms with Crippen molar-refractivity contribution in [1.29, 1.82) is 0 Å². The lowest BCUT2D eigenvalue weighted by atomic mass is 10.2. The molecule has 1 amide bonds. The fraction of sp³-hybridized carbons (Fsp3) is 0.417. The summed E-state index contributed by atoms with van der Waals surface area (Å²) in [5.74, 6) is 0.595. The van der Waals surface area contributed by atoms with Gasteiger partial charge in [-0.2, -0.15) is 0 Å². The molecule has 1 aromatic rings. The van der Waals surface area contributed by atoms with Crippen LogP contribution in [0.2, 0.25) is 0 Å². The van der Waals surface area contributed by atoms with E-state index in [1.807, 2.05) is 32.9 Å². The van der Waals surface area contributed by atoms with E-state index in [4.69, 9.17) is 4.74 Å². The highest BCUT2D eigenvalue weighted by atomic mass is 16.6. The van der Waals surface area contributed by atoms with E-state index in [-0.39, 0.29) is 6.09 Å². The fourth-order valence-electron chi connectivity index (χ4n) is 1.25. The molecule has 1 rings (SSSR count). The zero-order valence-electron chi connectivity index (χ0n) is 9.49. The van der Waals surface area contributed by atoms with E-state index in [9.17, 15) is 4.79 Å². The van der Waals surface area contributed by atoms with Gasteiger partial charge in [0.2, 0.25) is 0 Å². The average Bonchev–Trinajstić information content (AvgIpc) is 2.23. The van der Waals surface area contributed by atoms with Crippen LogP contribution >= 0.6 is 0 Å². The smallest absolute Gasteiger partial charge is 0.410 e. The lowest BCUT2D eigenvalue weighted by Gasteiger charge is -2.17. The Morgan fingerprint density at radius 1 is 1.20 bits per heavy atom. The standard InChI is InChI=1S/C12H17NO2/c1-4-13(5-2)12(14)15-11-8-6-10(3)7-9-11/h6-9H,4-5H2,1-3H3. The maximum absolute atomic E-state index is 11.6. The van der Waals surface area contributed by atoms with Gasteiger partial charge in [0, 0.05) is 13.1 Å². The Morgan fingerprint density at radius 3 is 2.20 bits per heavy atom. The zero-order chi connectivity index (χ0) is 11.3. The molecule has 0 unspecified atom stereocenters. The predicted molar refractivity (Wildman–Crippen MR) is 60.1 cm³/mol. The van der Waals surface area contributed by atoms with Crippen LogP contribution in [0.1, 0.15) is 19.4 Å². The van der Waals surface area contributed by atoms with Crippen LogP contribution in [0, 0.1) is 6.92 Å². The maximum atomic E-state index is 11.6. The number of rotatable bonds is 3. The van der Waals surface area contributed by atoms with Gasteiger partial charge in [-0.25, -0.2) is 4.79 Å². The van der Waals surface area contributed by atoms with Crippen LogP contribution in [0.15, 0.2) is 24.3 Å². The van der Waals surface area contributed by atoms with Crippen LogP contribution in [0.4, 0.5) is 4.79 Å². The normalized spacial score (nSPS) is 9.80. The Labute approximate surface area is 90.7 Å². The number of carbonyl (C=O) groups is 1. The lowest BCUT2D eigenvalue weighted by Crippen LogP contribution is -2.33. The third-order valence-corrected chi connectivity index (χ3v) is 2.25. The minimum Gasteiger partial charge on any atom is -0.410 e. The summed E-state index contributed by atoms with van der Waals surface area (Å²) in [6.45, 7) is 7.19. The van der Waals surface area contributed by atoms with Gasteiger partial charge in [0.1, 0.15) is 5.75 Å². The quantitative estimate of drug-likeness (QED) is 0.762. The molecule has 0 radical (unpaired) electrons. The second-order valence-electron chi connectivity index (χ2n) is 3.35. The first kappa shape index (κ1) is 11.6. The van der Waals surface area contributed by atoms with Gasteiger partial charge in [0.05, 0.1) is 0 Å². The highest BCUT2D eigenvalue weighted by Gasteiger charge is 2.11. The summed E-state index contributed by atoms with van der Waals surface area (Å²) in [5.41, 5.74) is 1.15. The molecule has 0 spiro atoms. The van der Waals surface area contributed by atoms with Gasteiger partial charge in [-0.3, -0.25) is 0 Å². The molecule has 0 N–H and O–H groups in total. The molecule has 0 heterocycles. The Hall–Kier alpha value is -1.51. The molecule has 0 saturated heterocycles. The van der Waals surface area contributed by atoms with Gasteiger partial charge >= 0.3 is 6.09 Å². The number of hydrogen-bond acceptors (Lipinski definition) is 2. The Bertz CT molecular complexity index is 315. The second-order valence-corrected chi connectivity index (χ2v) is 3.35. The molecule has 15 heavy (non-hydrogen) atoms. The topological polar surface area (TPSA) is 29.5 Å². The summed E-state index contributed by atoms with van der Waals surface area (Å²) < 4.78 is 5.20. The highest BCUT2D eigenvalue weighted by Crippen LogP contribution is 2.12. The molecular formula is C12H17NO2. The van der Waals surface area contributed by atoms with Gasteiger partial charge in [0.15, 0.2) is 0 Å². The van der Waals surface area contributed by atoms with Gasteiger partial charge in [-0.15, -0.1) is 0 Å². The van der Waals surface area contributed by atoms with Crippen molar-refractivity contribution < 1.29 is 9.53 Å². The largest absolute Gasteiger partial charge is 0.415 e. The van der Waals surface area contributed by atoms with Crippen LogP contribution in [-0.2, 0) is 0 Å². The molecule has 82 valence electrons. The van der Waals surface area contributed by atoms with Gasteiger partial charge in [-0.1, -0.05) is 17.7 Å². The summed E-state index contributed by atoms with van der Waals surface area (Å²) in [6, 6.07) is 7.45. The Morgan fingerprint density at radius 2 is 1.73 bits per heavy atom. The van der Waals surface area contributed by atoms with Crippen molar-refractivity contribution in [3.63, 3.8) is 0 Å². The van der Waals surface area contributed by atoms with Crippen LogP contribution in [0.3, 0.4) is 0 Å². The van der Waals surface area contributed by atoms with Gasteiger partial charge < -0.3 is 9.64 Å². The minimum atomic E-state index is -0.288. The highest BCUT2D eigenvalue weighted by molar-refractivity contribution is 5.70. The first-order valence-corrected chi connectivity index (χ1v) is 5.20. The fourth-order valence-corrected chi connectivity index (χ4v) is 1.25. The van der Waals surface area contributed by atoms with E-state index in [1.54, 1.807) is 17.0 Å². The molecule has 1 aromatic carbocycles. The summed E-state index contributed by atoms with van der Waals surface area (Å²) in [7, 11) is 0. The first-order chi connectivity index (χ1) is 7.17. The van der Waals surface area contributed by atoms with E-state index in [0.717, 1.165) is 5.56 Å². The van der Waals surface area contributed by atoms with Crippen molar-refractivity contribution >= 4 is 6.09 Å². The monoisotopic (exact) mass is 207 g/mol. The second kappa shape index (κ2) is 5.39. The molecule has 0 aromatic heterocycles. The van der Waals surface area contributed by atoms with E-state index in [1.165, 1.54) is 0 Å². The number of nitrogens with zero attached hydrogens (tertiary/aromatic N) is 1. The average molecular weight is 207 g/mol. The van der Waals surface area contributed by atoms with Crippen molar-refractivity contribution in [3.05, 3.63) is 29.8 Å². The third kappa shape index (κ3) is 3.27. The number of ether oxygens (including phenoxy) is 1. The van der Waals surface area contributed by atoms with E-state index in [2.05, 4.69) is 0 Å². The zero-order valence-corrected chi connectivity index (χ0v) is 9.49. The van der Waals surface area contributed by atoms with Crippen LogP contribution in [0.5, 0.6) is 5.75 Å². The molecule has 0 saturated carbocycles. The Balaban J connectivity index is 2.61. The lowest BCUT2D eigenvalue weighted by molar-refractivity contribution is 0.157.